The number of hydrogen-bond donors (Lipinski definition) is 3. The predicted octanol–water partition coefficient (Wildman–Crippen LogP) is 2.82. The van der Waals surface area contributed by atoms with Gasteiger partial charge < -0.3 is 10.6 Å². The Kier molecular flexibility index (Phi) is 6.01. The lowest BCUT2D eigenvalue weighted by molar-refractivity contribution is 0.588. The minimum Gasteiger partial charge on any atom is -0.384 e. The number of benzene rings is 2. The molecule has 2 aromatic carbocycles. The molecule has 0 aromatic heterocycles. The average Bonchev–Trinajstić information content (AvgIpc) is 2.51. The molecule has 0 fully saturated rings. The van der Waals surface area contributed by atoms with Crippen LogP contribution in [0.2, 0.25) is 0 Å². The summed E-state index contributed by atoms with van der Waals surface area (Å²) in [5, 5.41) is 6.78. The standard InChI is InChI=1S/C17H23N3O2S/c1-14(18-12-13-19-16-6-4-3-5-7-16)15-8-10-17(11-9-15)20-23(2,21)22/h3-11,14,18-20H,12-13H2,1-2H3. The van der Waals surface area contributed by atoms with Crippen LogP contribution in [0.4, 0.5) is 11.4 Å². The number of para-hydroxylation sites is 1. The summed E-state index contributed by atoms with van der Waals surface area (Å²) in [6.07, 6.45) is 1.14. The third-order valence-corrected chi connectivity index (χ3v) is 4.00. The fraction of sp³-hybridized carbons (Fsp3) is 0.294. The summed E-state index contributed by atoms with van der Waals surface area (Å²) in [6.45, 7) is 3.75. The Morgan fingerprint density at radius 1 is 0.913 bits per heavy atom. The smallest absolute Gasteiger partial charge is 0.229 e. The van der Waals surface area contributed by atoms with Crippen LogP contribution in [-0.4, -0.2) is 27.8 Å². The SMILES string of the molecule is CC(NCCNc1ccccc1)c1ccc(NS(C)(=O)=O)cc1. The third-order valence-electron chi connectivity index (χ3n) is 3.39. The summed E-state index contributed by atoms with van der Waals surface area (Å²) in [5.74, 6) is 0. The Morgan fingerprint density at radius 3 is 2.17 bits per heavy atom. The predicted molar refractivity (Wildman–Crippen MR) is 96.3 cm³/mol. The first-order valence-corrected chi connectivity index (χ1v) is 9.43. The molecule has 0 heterocycles. The van der Waals surface area contributed by atoms with Crippen molar-refractivity contribution in [2.24, 2.45) is 0 Å². The topological polar surface area (TPSA) is 70.2 Å². The fourth-order valence-corrected chi connectivity index (χ4v) is 2.79. The number of hydrogen-bond acceptors (Lipinski definition) is 4. The van der Waals surface area contributed by atoms with Crippen LogP contribution in [0.25, 0.3) is 0 Å². The highest BCUT2D eigenvalue weighted by molar-refractivity contribution is 7.92. The first-order chi connectivity index (χ1) is 10.9. The molecule has 0 bridgehead atoms. The van der Waals surface area contributed by atoms with E-state index in [2.05, 4.69) is 22.3 Å². The molecule has 0 saturated carbocycles. The van der Waals surface area contributed by atoms with Crippen LogP contribution >= 0.6 is 0 Å². The lowest BCUT2D eigenvalue weighted by Crippen LogP contribution is -2.25. The maximum absolute atomic E-state index is 11.2. The maximum atomic E-state index is 11.2. The van der Waals surface area contributed by atoms with Gasteiger partial charge in [0.05, 0.1) is 6.26 Å². The Hall–Kier alpha value is -2.05. The van der Waals surface area contributed by atoms with E-state index in [9.17, 15) is 8.42 Å². The van der Waals surface area contributed by atoms with Gasteiger partial charge in [0.1, 0.15) is 0 Å². The van der Waals surface area contributed by atoms with E-state index in [4.69, 9.17) is 0 Å². The van der Waals surface area contributed by atoms with E-state index in [-0.39, 0.29) is 6.04 Å². The molecular formula is C17H23N3O2S. The molecule has 1 atom stereocenters. The number of anilines is 2. The van der Waals surface area contributed by atoms with Gasteiger partial charge >= 0.3 is 0 Å². The number of nitrogens with one attached hydrogen (secondary N) is 3. The van der Waals surface area contributed by atoms with E-state index in [0.29, 0.717) is 5.69 Å². The van der Waals surface area contributed by atoms with E-state index in [0.717, 1.165) is 30.6 Å². The molecule has 0 radical (unpaired) electrons. The Bertz CT molecular complexity index is 700. The molecule has 2 rings (SSSR count). The van der Waals surface area contributed by atoms with Gasteiger partial charge in [-0.1, -0.05) is 30.3 Å². The zero-order chi connectivity index (χ0) is 16.7. The summed E-state index contributed by atoms with van der Waals surface area (Å²) < 4.78 is 24.8. The summed E-state index contributed by atoms with van der Waals surface area (Å²) >= 11 is 0. The molecule has 2 aromatic rings. The van der Waals surface area contributed by atoms with Gasteiger partial charge in [-0.25, -0.2) is 8.42 Å². The van der Waals surface area contributed by atoms with E-state index >= 15 is 0 Å². The number of rotatable bonds is 8. The molecule has 23 heavy (non-hydrogen) atoms. The van der Waals surface area contributed by atoms with Crippen LogP contribution in [0.15, 0.2) is 54.6 Å². The molecule has 1 unspecified atom stereocenters. The molecule has 0 amide bonds. The highest BCUT2D eigenvalue weighted by Crippen LogP contribution is 2.16. The van der Waals surface area contributed by atoms with Crippen molar-refractivity contribution in [2.75, 3.05) is 29.4 Å². The summed E-state index contributed by atoms with van der Waals surface area (Å²) in [5.41, 5.74) is 2.80. The zero-order valence-electron chi connectivity index (χ0n) is 13.4. The average molecular weight is 333 g/mol. The minimum absolute atomic E-state index is 0.194. The van der Waals surface area contributed by atoms with Crippen molar-refractivity contribution in [2.45, 2.75) is 13.0 Å². The van der Waals surface area contributed by atoms with Crippen molar-refractivity contribution in [3.8, 4) is 0 Å². The van der Waals surface area contributed by atoms with Crippen molar-refractivity contribution < 1.29 is 8.42 Å². The Labute approximate surface area is 138 Å². The van der Waals surface area contributed by atoms with Gasteiger partial charge in [0.2, 0.25) is 10.0 Å². The molecule has 0 saturated heterocycles. The van der Waals surface area contributed by atoms with Crippen molar-refractivity contribution >= 4 is 21.4 Å². The lowest BCUT2D eigenvalue weighted by atomic mass is 10.1. The highest BCUT2D eigenvalue weighted by Gasteiger charge is 2.06. The summed E-state index contributed by atoms with van der Waals surface area (Å²) in [6, 6.07) is 17.7. The van der Waals surface area contributed by atoms with Gasteiger partial charge in [-0.05, 0) is 36.8 Å². The first-order valence-electron chi connectivity index (χ1n) is 7.54. The van der Waals surface area contributed by atoms with E-state index in [1.54, 1.807) is 12.1 Å². The zero-order valence-corrected chi connectivity index (χ0v) is 14.2. The third kappa shape index (κ3) is 6.30. The van der Waals surface area contributed by atoms with Gasteiger partial charge in [0, 0.05) is 30.5 Å². The minimum atomic E-state index is -3.23. The molecule has 0 aliphatic rings. The fourth-order valence-electron chi connectivity index (χ4n) is 2.22. The molecule has 3 N–H and O–H groups in total. The first kappa shape index (κ1) is 17.3. The van der Waals surface area contributed by atoms with Crippen LogP contribution in [0.1, 0.15) is 18.5 Å². The van der Waals surface area contributed by atoms with E-state index in [1.165, 1.54) is 0 Å². The van der Waals surface area contributed by atoms with Crippen LogP contribution in [-0.2, 0) is 10.0 Å². The van der Waals surface area contributed by atoms with Crippen molar-refractivity contribution in [1.82, 2.24) is 5.32 Å². The summed E-state index contributed by atoms with van der Waals surface area (Å²) in [4.78, 5) is 0. The quantitative estimate of drug-likeness (QED) is 0.650. The van der Waals surface area contributed by atoms with Gasteiger partial charge in [-0.3, -0.25) is 4.72 Å². The van der Waals surface area contributed by atoms with Crippen molar-refractivity contribution in [3.63, 3.8) is 0 Å². The Balaban J connectivity index is 1.78. The normalized spacial score (nSPS) is 12.6. The summed E-state index contributed by atoms with van der Waals surface area (Å²) in [7, 11) is -3.23. The molecule has 124 valence electrons. The second-order valence-corrected chi connectivity index (χ2v) is 7.21. The molecule has 0 aliphatic heterocycles. The Morgan fingerprint density at radius 2 is 1.57 bits per heavy atom. The molecular weight excluding hydrogens is 310 g/mol. The van der Waals surface area contributed by atoms with Crippen molar-refractivity contribution in [3.05, 3.63) is 60.2 Å². The van der Waals surface area contributed by atoms with Crippen molar-refractivity contribution in [1.29, 1.82) is 0 Å². The molecule has 0 aliphatic carbocycles. The second-order valence-electron chi connectivity index (χ2n) is 5.46. The van der Waals surface area contributed by atoms with Gasteiger partial charge in [-0.2, -0.15) is 0 Å². The van der Waals surface area contributed by atoms with Crippen LogP contribution < -0.4 is 15.4 Å². The van der Waals surface area contributed by atoms with Crippen LogP contribution in [0.5, 0.6) is 0 Å². The van der Waals surface area contributed by atoms with Crippen LogP contribution in [0.3, 0.4) is 0 Å². The van der Waals surface area contributed by atoms with Gasteiger partial charge in [0.25, 0.3) is 0 Å². The van der Waals surface area contributed by atoms with Gasteiger partial charge in [0.15, 0.2) is 0 Å². The van der Waals surface area contributed by atoms with Crippen LogP contribution in [0, 0.1) is 0 Å². The molecule has 6 heteroatoms. The second kappa shape index (κ2) is 7.99. The molecule has 0 spiro atoms. The highest BCUT2D eigenvalue weighted by atomic mass is 32.2. The number of sulfonamides is 1. The monoisotopic (exact) mass is 333 g/mol. The lowest BCUT2D eigenvalue weighted by Gasteiger charge is -2.15. The largest absolute Gasteiger partial charge is 0.384 e. The molecule has 5 nitrogen and oxygen atoms in total. The van der Waals surface area contributed by atoms with E-state index < -0.39 is 10.0 Å². The maximum Gasteiger partial charge on any atom is 0.229 e. The van der Waals surface area contributed by atoms with Gasteiger partial charge in [-0.15, -0.1) is 0 Å². The van der Waals surface area contributed by atoms with E-state index in [1.807, 2.05) is 42.5 Å².